The SMILES string of the molecule is C/C=C/C=C/C(=O)OCCCC.C=CC.C=CC.C=CC.CCOCC.OCCO. The van der Waals surface area contributed by atoms with Crippen LogP contribution in [0.5, 0.6) is 0 Å². The molecule has 0 spiro atoms. The smallest absolute Gasteiger partial charge is 0.330 e. The van der Waals surface area contributed by atoms with Gasteiger partial charge in [0.1, 0.15) is 0 Å². The molecule has 0 fully saturated rings. The first-order valence-corrected chi connectivity index (χ1v) is 10.4. The van der Waals surface area contributed by atoms with Crippen molar-refractivity contribution in [1.29, 1.82) is 0 Å². The molecule has 5 nitrogen and oxygen atoms in total. The van der Waals surface area contributed by atoms with E-state index in [0.29, 0.717) is 6.61 Å². The fourth-order valence-electron chi connectivity index (χ4n) is 0.815. The summed E-state index contributed by atoms with van der Waals surface area (Å²) in [5, 5.41) is 15.2. The Balaban J connectivity index is -0.0000000665. The molecular weight excluding hydrogens is 380 g/mol. The molecule has 0 aromatic rings. The van der Waals surface area contributed by atoms with Crippen LogP contribution < -0.4 is 0 Å². The number of rotatable bonds is 8. The Morgan fingerprint density at radius 3 is 1.47 bits per heavy atom. The minimum atomic E-state index is -0.262. The van der Waals surface area contributed by atoms with Gasteiger partial charge in [-0.2, -0.15) is 0 Å². The number of ether oxygens (including phenoxy) is 2. The van der Waals surface area contributed by atoms with Gasteiger partial charge in [-0.15, -0.1) is 19.7 Å². The van der Waals surface area contributed by atoms with E-state index < -0.39 is 0 Å². The second-order valence-electron chi connectivity index (χ2n) is 4.86. The predicted octanol–water partition coefficient (Wildman–Crippen LogP) is 6.05. The van der Waals surface area contributed by atoms with E-state index in [2.05, 4.69) is 26.7 Å². The van der Waals surface area contributed by atoms with Gasteiger partial charge < -0.3 is 19.7 Å². The highest BCUT2D eigenvalue weighted by atomic mass is 16.5. The molecule has 0 radical (unpaired) electrons. The molecule has 0 heterocycles. The number of hydrogen-bond acceptors (Lipinski definition) is 5. The summed E-state index contributed by atoms with van der Waals surface area (Å²) in [6, 6.07) is 0. The van der Waals surface area contributed by atoms with Crippen molar-refractivity contribution in [3.63, 3.8) is 0 Å². The van der Waals surface area contributed by atoms with Gasteiger partial charge in [0.2, 0.25) is 0 Å². The molecule has 2 N–H and O–H groups in total. The Bertz CT molecular complexity index is 329. The summed E-state index contributed by atoms with van der Waals surface area (Å²) in [6.07, 6.45) is 14.0. The quantitative estimate of drug-likeness (QED) is 0.161. The number of hydrogen-bond donors (Lipinski definition) is 2. The van der Waals surface area contributed by atoms with Gasteiger partial charge in [0.15, 0.2) is 0 Å². The normalized spacial score (nSPS) is 8.17. The van der Waals surface area contributed by atoms with Crippen LogP contribution in [0, 0.1) is 0 Å². The maximum atomic E-state index is 10.8. The summed E-state index contributed by atoms with van der Waals surface area (Å²) < 4.78 is 9.70. The highest BCUT2D eigenvalue weighted by Crippen LogP contribution is 1.89. The molecule has 0 saturated carbocycles. The first-order valence-electron chi connectivity index (χ1n) is 10.4. The number of unbranched alkanes of at least 4 members (excludes halogenated alkanes) is 1. The molecule has 5 heteroatoms. The highest BCUT2D eigenvalue weighted by molar-refractivity contribution is 5.82. The number of carbonyl (C=O) groups is 1. The van der Waals surface area contributed by atoms with E-state index >= 15 is 0 Å². The first kappa shape index (κ1) is 42.2. The summed E-state index contributed by atoms with van der Waals surface area (Å²) in [5.74, 6) is -0.262. The summed E-state index contributed by atoms with van der Waals surface area (Å²) in [5.41, 5.74) is 0. The molecule has 0 unspecified atom stereocenters. The molecule has 180 valence electrons. The maximum Gasteiger partial charge on any atom is 0.330 e. The van der Waals surface area contributed by atoms with Gasteiger partial charge >= 0.3 is 5.97 Å². The monoisotopic (exact) mass is 430 g/mol. The third-order valence-electron chi connectivity index (χ3n) is 1.79. The van der Waals surface area contributed by atoms with Crippen LogP contribution in [-0.2, 0) is 14.3 Å². The molecule has 0 bridgehead atoms. The first-order chi connectivity index (χ1) is 14.4. The third-order valence-corrected chi connectivity index (χ3v) is 1.79. The Hall–Kier alpha value is -1.95. The number of aliphatic hydroxyl groups is 2. The second kappa shape index (κ2) is 63.1. The van der Waals surface area contributed by atoms with Crippen molar-refractivity contribution in [2.45, 2.75) is 61.3 Å². The Morgan fingerprint density at radius 2 is 1.23 bits per heavy atom. The molecule has 0 aliphatic carbocycles. The van der Waals surface area contributed by atoms with Crippen LogP contribution in [0.15, 0.2) is 62.3 Å². The van der Waals surface area contributed by atoms with Crippen LogP contribution in [0.3, 0.4) is 0 Å². The third kappa shape index (κ3) is 134. The van der Waals surface area contributed by atoms with Gasteiger partial charge in [-0.25, -0.2) is 4.79 Å². The Labute approximate surface area is 187 Å². The fourth-order valence-corrected chi connectivity index (χ4v) is 0.815. The number of aliphatic hydroxyl groups excluding tert-OH is 2. The number of allylic oxidation sites excluding steroid dienone is 6. The van der Waals surface area contributed by atoms with Crippen molar-refractivity contribution in [3.05, 3.63) is 62.3 Å². The van der Waals surface area contributed by atoms with Gasteiger partial charge in [-0.05, 0) is 48.0 Å². The van der Waals surface area contributed by atoms with Crippen molar-refractivity contribution in [2.24, 2.45) is 0 Å². The molecule has 30 heavy (non-hydrogen) atoms. The molecule has 0 rings (SSSR count). The summed E-state index contributed by atoms with van der Waals surface area (Å²) >= 11 is 0. The number of carbonyl (C=O) groups excluding carboxylic acids is 1. The van der Waals surface area contributed by atoms with Gasteiger partial charge in [-0.3, -0.25) is 0 Å². The Kier molecular flexibility index (Phi) is 88.9. The van der Waals surface area contributed by atoms with Crippen molar-refractivity contribution < 1.29 is 24.5 Å². The Morgan fingerprint density at radius 1 is 0.833 bits per heavy atom. The van der Waals surface area contributed by atoms with Gasteiger partial charge in [0, 0.05) is 19.3 Å². The summed E-state index contributed by atoms with van der Waals surface area (Å²) in [7, 11) is 0. The predicted molar refractivity (Wildman–Crippen MR) is 134 cm³/mol. The average molecular weight is 431 g/mol. The van der Waals surface area contributed by atoms with E-state index in [1.165, 1.54) is 6.08 Å². The van der Waals surface area contributed by atoms with E-state index in [4.69, 9.17) is 19.7 Å². The summed E-state index contributed by atoms with van der Waals surface area (Å²) in [6.45, 7) is 25.6. The van der Waals surface area contributed by atoms with Crippen molar-refractivity contribution >= 4 is 5.97 Å². The zero-order chi connectivity index (χ0) is 24.9. The highest BCUT2D eigenvalue weighted by Gasteiger charge is 1.93. The lowest BCUT2D eigenvalue weighted by molar-refractivity contribution is -0.137. The van der Waals surface area contributed by atoms with Gasteiger partial charge in [0.05, 0.1) is 19.8 Å². The molecule has 0 aliphatic heterocycles. The van der Waals surface area contributed by atoms with Crippen LogP contribution in [0.2, 0.25) is 0 Å². The molecule has 0 aromatic heterocycles. The molecule has 0 saturated heterocycles. The van der Waals surface area contributed by atoms with Gasteiger partial charge in [0.25, 0.3) is 0 Å². The van der Waals surface area contributed by atoms with Crippen molar-refractivity contribution in [2.75, 3.05) is 33.0 Å². The molecule has 0 atom stereocenters. The maximum absolute atomic E-state index is 10.8. The van der Waals surface area contributed by atoms with E-state index in [9.17, 15) is 4.79 Å². The van der Waals surface area contributed by atoms with Crippen LogP contribution >= 0.6 is 0 Å². The van der Waals surface area contributed by atoms with E-state index in [0.717, 1.165) is 26.1 Å². The average Bonchev–Trinajstić information content (AvgIpc) is 2.71. The zero-order valence-electron chi connectivity index (χ0n) is 20.7. The van der Waals surface area contributed by atoms with E-state index in [1.807, 2.05) is 47.6 Å². The molecule has 0 aliphatic rings. The molecular formula is C25H50O5. The summed E-state index contributed by atoms with van der Waals surface area (Å²) in [4.78, 5) is 10.8. The lowest BCUT2D eigenvalue weighted by Crippen LogP contribution is -2.01. The van der Waals surface area contributed by atoms with Crippen LogP contribution in [0.1, 0.15) is 61.3 Å². The lowest BCUT2D eigenvalue weighted by atomic mass is 10.4. The topological polar surface area (TPSA) is 76.0 Å². The van der Waals surface area contributed by atoms with E-state index in [-0.39, 0.29) is 19.2 Å². The standard InChI is InChI=1S/C10H16O2.C4H10O.3C3H6.C2H6O2/c1-3-5-7-8-10(11)12-9-6-4-2;1-3-5-4-2;3*1-3-2;3-1-2-4/h3,5,7-8H,4,6,9H2,1-2H3;3-4H2,1-2H3;3*3H,1H2,2H3;3-4H,1-2H2/b5-3+,8-7+;;;;;. The van der Waals surface area contributed by atoms with Gasteiger partial charge in [-0.1, -0.05) is 49.8 Å². The van der Waals surface area contributed by atoms with Crippen molar-refractivity contribution in [1.82, 2.24) is 0 Å². The number of esters is 1. The zero-order valence-corrected chi connectivity index (χ0v) is 20.7. The van der Waals surface area contributed by atoms with Crippen LogP contribution in [0.4, 0.5) is 0 Å². The fraction of sp³-hybridized carbons (Fsp3) is 0.560. The van der Waals surface area contributed by atoms with Crippen LogP contribution in [-0.4, -0.2) is 49.2 Å². The lowest BCUT2D eigenvalue weighted by Gasteiger charge is -1.97. The molecule has 0 aromatic carbocycles. The molecule has 0 amide bonds. The largest absolute Gasteiger partial charge is 0.463 e. The van der Waals surface area contributed by atoms with E-state index in [1.54, 1.807) is 30.4 Å². The van der Waals surface area contributed by atoms with Crippen molar-refractivity contribution in [3.8, 4) is 0 Å². The minimum Gasteiger partial charge on any atom is -0.463 e. The minimum absolute atomic E-state index is 0.125. The second-order valence-corrected chi connectivity index (χ2v) is 4.86. The van der Waals surface area contributed by atoms with Crippen LogP contribution in [0.25, 0.3) is 0 Å².